The Morgan fingerprint density at radius 3 is 2.72 bits per heavy atom. The van der Waals surface area contributed by atoms with Gasteiger partial charge < -0.3 is 14.2 Å². The highest BCUT2D eigenvalue weighted by atomic mass is 32.1. The van der Waals surface area contributed by atoms with Crippen molar-refractivity contribution in [3.8, 4) is 11.5 Å². The van der Waals surface area contributed by atoms with E-state index in [0.717, 1.165) is 23.3 Å². The SMILES string of the molecule is CCCCOc1ccc(/C=c2/sc3n(c2=O)[C@@H](c2cccs2)C(C(=O)OC(C)C)=C(C)N=3)cc1OC. The second-order valence-electron chi connectivity index (χ2n) is 8.66. The monoisotopic (exact) mass is 526 g/mol. The average molecular weight is 527 g/mol. The maximum atomic E-state index is 13.7. The van der Waals surface area contributed by atoms with E-state index in [4.69, 9.17) is 14.2 Å². The third-order valence-electron chi connectivity index (χ3n) is 5.64. The molecule has 0 radical (unpaired) electrons. The van der Waals surface area contributed by atoms with Gasteiger partial charge in [0.2, 0.25) is 0 Å². The van der Waals surface area contributed by atoms with Crippen LogP contribution in [0.25, 0.3) is 6.08 Å². The first-order chi connectivity index (χ1) is 17.3. The van der Waals surface area contributed by atoms with Crippen molar-refractivity contribution in [3.63, 3.8) is 0 Å². The lowest BCUT2D eigenvalue weighted by atomic mass is 10.0. The fourth-order valence-electron chi connectivity index (χ4n) is 3.95. The molecule has 9 heteroatoms. The molecule has 1 aliphatic heterocycles. The number of esters is 1. The number of aromatic nitrogens is 1. The van der Waals surface area contributed by atoms with Crippen LogP contribution in [0, 0.1) is 0 Å². The number of hydrogen-bond acceptors (Lipinski definition) is 8. The molecule has 0 amide bonds. The van der Waals surface area contributed by atoms with Gasteiger partial charge in [0.25, 0.3) is 5.56 Å². The lowest BCUT2D eigenvalue weighted by Gasteiger charge is -2.24. The highest BCUT2D eigenvalue weighted by molar-refractivity contribution is 7.10. The van der Waals surface area contributed by atoms with Crippen molar-refractivity contribution in [2.75, 3.05) is 13.7 Å². The molecule has 0 aliphatic carbocycles. The van der Waals surface area contributed by atoms with Crippen molar-refractivity contribution in [1.82, 2.24) is 4.57 Å². The Labute approximate surface area is 218 Å². The molecule has 36 heavy (non-hydrogen) atoms. The number of methoxy groups -OCH3 is 1. The first-order valence-electron chi connectivity index (χ1n) is 11.9. The molecule has 0 bridgehead atoms. The van der Waals surface area contributed by atoms with Crippen LogP contribution >= 0.6 is 22.7 Å². The summed E-state index contributed by atoms with van der Waals surface area (Å²) in [6, 6.07) is 8.86. The average Bonchev–Trinajstić information content (AvgIpc) is 3.47. The van der Waals surface area contributed by atoms with Gasteiger partial charge in [-0.2, -0.15) is 0 Å². The van der Waals surface area contributed by atoms with Gasteiger partial charge in [0.1, 0.15) is 6.04 Å². The van der Waals surface area contributed by atoms with Crippen molar-refractivity contribution in [2.24, 2.45) is 4.99 Å². The van der Waals surface area contributed by atoms with E-state index in [-0.39, 0.29) is 11.7 Å². The van der Waals surface area contributed by atoms with Crippen molar-refractivity contribution >= 4 is 34.7 Å². The topological polar surface area (TPSA) is 79.1 Å². The van der Waals surface area contributed by atoms with E-state index in [1.165, 1.54) is 22.7 Å². The zero-order chi connectivity index (χ0) is 25.8. The predicted molar refractivity (Wildman–Crippen MR) is 143 cm³/mol. The van der Waals surface area contributed by atoms with Gasteiger partial charge >= 0.3 is 5.97 Å². The predicted octanol–water partition coefficient (Wildman–Crippen LogP) is 4.44. The molecular formula is C27H30N2O5S2. The van der Waals surface area contributed by atoms with E-state index in [1.807, 2.05) is 41.8 Å². The van der Waals surface area contributed by atoms with Crippen LogP contribution in [0.5, 0.6) is 11.5 Å². The highest BCUT2D eigenvalue weighted by Crippen LogP contribution is 2.33. The second-order valence-corrected chi connectivity index (χ2v) is 10.7. The molecule has 1 atom stereocenters. The summed E-state index contributed by atoms with van der Waals surface area (Å²) in [5, 5.41) is 1.93. The molecule has 0 fully saturated rings. The summed E-state index contributed by atoms with van der Waals surface area (Å²) in [4.78, 5) is 32.8. The van der Waals surface area contributed by atoms with Gasteiger partial charge in [0.05, 0.1) is 35.6 Å². The minimum Gasteiger partial charge on any atom is -0.493 e. The molecule has 0 unspecified atom stereocenters. The molecule has 3 heterocycles. The number of carbonyl (C=O) groups is 1. The lowest BCUT2D eigenvalue weighted by Crippen LogP contribution is -2.39. The molecule has 1 aromatic carbocycles. The number of unbranched alkanes of at least 4 members (excludes halogenated alkanes) is 1. The maximum Gasteiger partial charge on any atom is 0.338 e. The van der Waals surface area contributed by atoms with Gasteiger partial charge in [0, 0.05) is 4.88 Å². The lowest BCUT2D eigenvalue weighted by molar-refractivity contribution is -0.143. The summed E-state index contributed by atoms with van der Waals surface area (Å²) in [5.74, 6) is 0.826. The summed E-state index contributed by atoms with van der Waals surface area (Å²) in [6.07, 6.45) is 3.54. The number of thiophene rings is 1. The number of rotatable bonds is 9. The Balaban J connectivity index is 1.79. The molecule has 1 aliphatic rings. The number of nitrogens with zero attached hydrogens (tertiary/aromatic N) is 2. The summed E-state index contributed by atoms with van der Waals surface area (Å²) >= 11 is 2.79. The van der Waals surface area contributed by atoms with Gasteiger partial charge in [-0.05, 0) is 62.4 Å². The van der Waals surface area contributed by atoms with Crippen LogP contribution in [0.2, 0.25) is 0 Å². The molecule has 4 rings (SSSR count). The molecule has 0 saturated carbocycles. The van der Waals surface area contributed by atoms with Gasteiger partial charge in [-0.1, -0.05) is 36.8 Å². The van der Waals surface area contributed by atoms with Gasteiger partial charge in [0.15, 0.2) is 16.3 Å². The number of ether oxygens (including phenoxy) is 3. The maximum absolute atomic E-state index is 13.7. The number of benzene rings is 1. The molecule has 7 nitrogen and oxygen atoms in total. The zero-order valence-corrected chi connectivity index (χ0v) is 22.7. The number of carbonyl (C=O) groups excluding carboxylic acids is 1. The van der Waals surface area contributed by atoms with Crippen LogP contribution in [-0.4, -0.2) is 30.4 Å². The van der Waals surface area contributed by atoms with Crippen LogP contribution in [-0.2, 0) is 9.53 Å². The minimum absolute atomic E-state index is 0.207. The fourth-order valence-corrected chi connectivity index (χ4v) is 5.82. The Kier molecular flexibility index (Phi) is 8.11. The van der Waals surface area contributed by atoms with E-state index < -0.39 is 12.0 Å². The van der Waals surface area contributed by atoms with Crippen LogP contribution in [0.15, 0.2) is 56.8 Å². The molecule has 0 N–H and O–H groups in total. The number of hydrogen-bond donors (Lipinski definition) is 0. The first kappa shape index (κ1) is 25.9. The molecular weight excluding hydrogens is 496 g/mol. The summed E-state index contributed by atoms with van der Waals surface area (Å²) in [6.45, 7) is 8.13. The Hall–Kier alpha value is -3.17. The number of fused-ring (bicyclic) bond motifs is 1. The van der Waals surface area contributed by atoms with E-state index >= 15 is 0 Å². The van der Waals surface area contributed by atoms with Crippen molar-refractivity contribution in [1.29, 1.82) is 0 Å². The van der Waals surface area contributed by atoms with Crippen molar-refractivity contribution in [2.45, 2.75) is 52.7 Å². The quantitative estimate of drug-likeness (QED) is 0.304. The second kappa shape index (κ2) is 11.3. The normalized spacial score (nSPS) is 15.6. The largest absolute Gasteiger partial charge is 0.493 e. The third-order valence-corrected chi connectivity index (χ3v) is 7.55. The van der Waals surface area contributed by atoms with E-state index in [2.05, 4.69) is 11.9 Å². The van der Waals surface area contributed by atoms with Crippen LogP contribution in [0.1, 0.15) is 57.0 Å². The molecule has 0 spiro atoms. The molecule has 2 aromatic heterocycles. The molecule has 3 aromatic rings. The van der Waals surface area contributed by atoms with Crippen LogP contribution in [0.4, 0.5) is 0 Å². The smallest absolute Gasteiger partial charge is 0.338 e. The fraction of sp³-hybridized carbons (Fsp3) is 0.370. The van der Waals surface area contributed by atoms with E-state index in [9.17, 15) is 9.59 Å². The summed E-state index contributed by atoms with van der Waals surface area (Å²) in [7, 11) is 1.60. The van der Waals surface area contributed by atoms with E-state index in [0.29, 0.717) is 38.7 Å². The Bertz CT molecular complexity index is 1450. The first-order valence-corrected chi connectivity index (χ1v) is 13.6. The summed E-state index contributed by atoms with van der Waals surface area (Å²) in [5.41, 5.74) is 1.55. The van der Waals surface area contributed by atoms with Gasteiger partial charge in [-0.25, -0.2) is 9.79 Å². The third kappa shape index (κ3) is 5.32. The van der Waals surface area contributed by atoms with Gasteiger partial charge in [-0.15, -0.1) is 11.3 Å². The Morgan fingerprint density at radius 2 is 2.06 bits per heavy atom. The minimum atomic E-state index is -0.585. The zero-order valence-electron chi connectivity index (χ0n) is 21.1. The van der Waals surface area contributed by atoms with E-state index in [1.54, 1.807) is 32.4 Å². The van der Waals surface area contributed by atoms with Crippen LogP contribution in [0.3, 0.4) is 0 Å². The van der Waals surface area contributed by atoms with Crippen LogP contribution < -0.4 is 24.4 Å². The number of allylic oxidation sites excluding steroid dienone is 1. The Morgan fingerprint density at radius 1 is 1.25 bits per heavy atom. The standard InChI is InChI=1S/C27H30N2O5S2/c1-6-7-12-33-19-11-10-18(14-20(19)32-5)15-22-25(30)29-24(21-9-8-13-35-21)23(26(31)34-16(2)3)17(4)28-27(29)36-22/h8-11,13-16,24H,6-7,12H2,1-5H3/b22-15+/t24-/m0/s1. The van der Waals surface area contributed by atoms with Crippen molar-refractivity contribution in [3.05, 3.63) is 77.1 Å². The number of thiazole rings is 1. The molecule has 190 valence electrons. The summed E-state index contributed by atoms with van der Waals surface area (Å²) < 4.78 is 19.0. The highest BCUT2D eigenvalue weighted by Gasteiger charge is 2.34. The van der Waals surface area contributed by atoms with Crippen molar-refractivity contribution < 1.29 is 19.0 Å². The molecule has 0 saturated heterocycles. The van der Waals surface area contributed by atoms with Gasteiger partial charge in [-0.3, -0.25) is 9.36 Å².